The van der Waals surface area contributed by atoms with Crippen LogP contribution in [0.5, 0.6) is 0 Å². The second kappa shape index (κ2) is 8.01. The number of nitrogens with two attached hydrogens (primary N) is 1. The summed E-state index contributed by atoms with van der Waals surface area (Å²) in [6.45, 7) is 2.74. The molecule has 0 unspecified atom stereocenters. The number of benzene rings is 1. The topological polar surface area (TPSA) is 41.6 Å². The number of halogens is 2. The van der Waals surface area contributed by atoms with E-state index in [2.05, 4.69) is 9.89 Å². The second-order valence-corrected chi connectivity index (χ2v) is 6.75. The van der Waals surface area contributed by atoms with Crippen LogP contribution in [0.4, 0.5) is 0 Å². The van der Waals surface area contributed by atoms with E-state index in [0.717, 1.165) is 54.6 Å². The fourth-order valence-electron chi connectivity index (χ4n) is 2.08. The highest BCUT2D eigenvalue weighted by molar-refractivity contribution is 7.99. The van der Waals surface area contributed by atoms with Crippen LogP contribution < -0.4 is 5.73 Å². The smallest absolute Gasteiger partial charge is 0.191 e. The zero-order chi connectivity index (χ0) is 14.4. The maximum atomic E-state index is 6.14. The van der Waals surface area contributed by atoms with Gasteiger partial charge in [0.1, 0.15) is 0 Å². The van der Waals surface area contributed by atoms with E-state index in [-0.39, 0.29) is 0 Å². The average Bonchev–Trinajstić information content (AvgIpc) is 2.46. The van der Waals surface area contributed by atoms with Gasteiger partial charge in [-0.1, -0.05) is 29.3 Å². The Morgan fingerprint density at radius 2 is 2.05 bits per heavy atom. The maximum absolute atomic E-state index is 6.14. The lowest BCUT2D eigenvalue weighted by Gasteiger charge is -2.27. The van der Waals surface area contributed by atoms with Crippen molar-refractivity contribution >= 4 is 40.9 Å². The quantitative estimate of drug-likeness (QED) is 0.523. The standard InChI is InChI=1S/C14H19Cl2N3S/c15-12-4-3-11(13(16)10-12)2-1-5-18-14(17)19-6-8-20-9-7-19/h3-4,10H,1-2,5-9H2,(H2,17,18). The van der Waals surface area contributed by atoms with Gasteiger partial charge in [-0.25, -0.2) is 0 Å². The summed E-state index contributed by atoms with van der Waals surface area (Å²) in [6, 6.07) is 5.62. The number of guanidine groups is 1. The minimum atomic E-state index is 0.670. The highest BCUT2D eigenvalue weighted by Gasteiger charge is 2.11. The molecule has 20 heavy (non-hydrogen) atoms. The van der Waals surface area contributed by atoms with Crippen molar-refractivity contribution in [3.8, 4) is 0 Å². The van der Waals surface area contributed by atoms with Gasteiger partial charge >= 0.3 is 0 Å². The third-order valence-electron chi connectivity index (χ3n) is 3.23. The van der Waals surface area contributed by atoms with Crippen LogP contribution in [0.25, 0.3) is 0 Å². The van der Waals surface area contributed by atoms with Crippen LogP contribution in [0.15, 0.2) is 23.2 Å². The summed E-state index contributed by atoms with van der Waals surface area (Å²) in [4.78, 5) is 6.61. The molecule has 2 rings (SSSR count). The molecule has 1 aromatic rings. The van der Waals surface area contributed by atoms with Gasteiger partial charge < -0.3 is 10.6 Å². The molecule has 1 fully saturated rings. The van der Waals surface area contributed by atoms with Crippen molar-refractivity contribution in [2.75, 3.05) is 31.1 Å². The molecular formula is C14H19Cl2N3S. The first kappa shape index (κ1) is 15.8. The lowest BCUT2D eigenvalue weighted by molar-refractivity contribution is 0.455. The van der Waals surface area contributed by atoms with E-state index in [1.165, 1.54) is 0 Å². The molecule has 1 heterocycles. The Morgan fingerprint density at radius 3 is 2.75 bits per heavy atom. The van der Waals surface area contributed by atoms with Crippen molar-refractivity contribution in [1.29, 1.82) is 0 Å². The van der Waals surface area contributed by atoms with E-state index in [0.29, 0.717) is 11.0 Å². The number of rotatable bonds is 4. The summed E-state index contributed by atoms with van der Waals surface area (Å²) < 4.78 is 0. The van der Waals surface area contributed by atoms with Crippen LogP contribution in [-0.4, -0.2) is 42.0 Å². The maximum Gasteiger partial charge on any atom is 0.191 e. The van der Waals surface area contributed by atoms with E-state index >= 15 is 0 Å². The highest BCUT2D eigenvalue weighted by atomic mass is 35.5. The number of nitrogens with zero attached hydrogens (tertiary/aromatic N) is 2. The molecule has 0 amide bonds. The monoisotopic (exact) mass is 331 g/mol. The average molecular weight is 332 g/mol. The number of hydrogen-bond donors (Lipinski definition) is 1. The molecule has 110 valence electrons. The third kappa shape index (κ3) is 4.76. The molecule has 0 radical (unpaired) electrons. The first-order valence-corrected chi connectivity index (χ1v) is 8.64. The summed E-state index contributed by atoms with van der Waals surface area (Å²) in [7, 11) is 0. The summed E-state index contributed by atoms with van der Waals surface area (Å²) in [5.74, 6) is 2.94. The molecule has 1 aliphatic rings. The second-order valence-electron chi connectivity index (χ2n) is 4.68. The molecule has 1 aromatic carbocycles. The van der Waals surface area contributed by atoms with Gasteiger partial charge in [0.25, 0.3) is 0 Å². The predicted octanol–water partition coefficient (Wildman–Crippen LogP) is 3.29. The molecule has 0 aliphatic carbocycles. The largest absolute Gasteiger partial charge is 0.370 e. The Bertz CT molecular complexity index is 473. The van der Waals surface area contributed by atoms with E-state index < -0.39 is 0 Å². The van der Waals surface area contributed by atoms with Crippen LogP contribution >= 0.6 is 35.0 Å². The molecule has 2 N–H and O–H groups in total. The fraction of sp³-hybridized carbons (Fsp3) is 0.500. The van der Waals surface area contributed by atoms with Gasteiger partial charge in [0.15, 0.2) is 5.96 Å². The van der Waals surface area contributed by atoms with E-state index in [4.69, 9.17) is 28.9 Å². The van der Waals surface area contributed by atoms with Crippen LogP contribution in [-0.2, 0) is 6.42 Å². The molecule has 3 nitrogen and oxygen atoms in total. The molecule has 1 aliphatic heterocycles. The summed E-state index contributed by atoms with van der Waals surface area (Å²) in [6.07, 6.45) is 1.83. The Kier molecular flexibility index (Phi) is 6.33. The van der Waals surface area contributed by atoms with Crippen molar-refractivity contribution in [2.45, 2.75) is 12.8 Å². The molecule has 0 saturated carbocycles. The van der Waals surface area contributed by atoms with Crippen molar-refractivity contribution in [1.82, 2.24) is 4.90 Å². The molecule has 1 saturated heterocycles. The summed E-state index contributed by atoms with van der Waals surface area (Å²) in [5, 5.41) is 1.39. The SMILES string of the molecule is NC(=NCCCc1ccc(Cl)cc1Cl)N1CCSCC1. The van der Waals surface area contributed by atoms with Gasteiger partial charge in [-0.3, -0.25) is 4.99 Å². The Balaban J connectivity index is 1.77. The molecule has 0 spiro atoms. The highest BCUT2D eigenvalue weighted by Crippen LogP contribution is 2.22. The van der Waals surface area contributed by atoms with Crippen molar-refractivity contribution < 1.29 is 0 Å². The predicted molar refractivity (Wildman–Crippen MR) is 90.2 cm³/mol. The third-order valence-corrected chi connectivity index (χ3v) is 4.76. The van der Waals surface area contributed by atoms with Crippen LogP contribution in [0.1, 0.15) is 12.0 Å². The number of hydrogen-bond acceptors (Lipinski definition) is 2. The minimum Gasteiger partial charge on any atom is -0.370 e. The number of thioether (sulfide) groups is 1. The molecule has 0 atom stereocenters. The molecular weight excluding hydrogens is 313 g/mol. The lowest BCUT2D eigenvalue weighted by Crippen LogP contribution is -2.42. The van der Waals surface area contributed by atoms with Gasteiger partial charge in [-0.2, -0.15) is 11.8 Å². The van der Waals surface area contributed by atoms with Crippen LogP contribution in [0.3, 0.4) is 0 Å². The van der Waals surface area contributed by atoms with E-state index in [1.54, 1.807) is 6.07 Å². The van der Waals surface area contributed by atoms with E-state index in [1.807, 2.05) is 23.9 Å². The molecule has 6 heteroatoms. The van der Waals surface area contributed by atoms with Crippen molar-refractivity contribution in [2.24, 2.45) is 10.7 Å². The number of aliphatic imine (C=N–C) groups is 1. The first-order chi connectivity index (χ1) is 9.66. The van der Waals surface area contributed by atoms with Gasteiger partial charge in [0, 0.05) is 41.2 Å². The van der Waals surface area contributed by atoms with Gasteiger partial charge in [-0.15, -0.1) is 0 Å². The lowest BCUT2D eigenvalue weighted by atomic mass is 10.1. The van der Waals surface area contributed by atoms with Crippen molar-refractivity contribution in [3.63, 3.8) is 0 Å². The Hall–Kier alpha value is -0.580. The first-order valence-electron chi connectivity index (χ1n) is 6.73. The van der Waals surface area contributed by atoms with Crippen LogP contribution in [0, 0.1) is 0 Å². The summed E-state index contributed by atoms with van der Waals surface area (Å²) in [5.41, 5.74) is 7.11. The zero-order valence-electron chi connectivity index (χ0n) is 11.3. The Labute approximate surface area is 134 Å². The molecule has 0 bridgehead atoms. The van der Waals surface area contributed by atoms with Gasteiger partial charge in [-0.05, 0) is 30.5 Å². The summed E-state index contributed by atoms with van der Waals surface area (Å²) >= 11 is 14.0. The molecule has 0 aromatic heterocycles. The fourth-order valence-corrected chi connectivity index (χ4v) is 3.49. The minimum absolute atomic E-state index is 0.670. The van der Waals surface area contributed by atoms with Gasteiger partial charge in [0.05, 0.1) is 0 Å². The zero-order valence-corrected chi connectivity index (χ0v) is 13.6. The van der Waals surface area contributed by atoms with Crippen LogP contribution in [0.2, 0.25) is 10.0 Å². The number of aryl methyl sites for hydroxylation is 1. The normalized spacial score (nSPS) is 16.5. The van der Waals surface area contributed by atoms with E-state index in [9.17, 15) is 0 Å². The van der Waals surface area contributed by atoms with Gasteiger partial charge in [0.2, 0.25) is 0 Å². The Morgan fingerprint density at radius 1 is 1.30 bits per heavy atom. The van der Waals surface area contributed by atoms with Crippen molar-refractivity contribution in [3.05, 3.63) is 33.8 Å².